The van der Waals surface area contributed by atoms with Crippen LogP contribution in [0.2, 0.25) is 0 Å². The Hall–Kier alpha value is -2.44. The van der Waals surface area contributed by atoms with Crippen molar-refractivity contribution in [3.05, 3.63) is 48.5 Å². The SMILES string of the molecule is COc1ccccc1NCCCCNCCCCCCCCNCCCCNc1ccccc1OC. The molecule has 0 aromatic heterocycles. The fraction of sp³-hybridized carbons (Fsp3) is 0.600. The molecule has 0 spiro atoms. The third-order valence-electron chi connectivity index (χ3n) is 6.36. The number of rotatable bonds is 23. The number of unbranched alkanes of at least 4 members (excludes halogenated alkanes) is 7. The van der Waals surface area contributed by atoms with Crippen molar-refractivity contribution in [2.24, 2.45) is 0 Å². The Balaban J connectivity index is 1.26. The molecule has 0 radical (unpaired) electrons. The maximum atomic E-state index is 5.37. The molecule has 0 bridgehead atoms. The summed E-state index contributed by atoms with van der Waals surface area (Å²) in [7, 11) is 3.44. The van der Waals surface area contributed by atoms with Crippen molar-refractivity contribution in [1.29, 1.82) is 0 Å². The molecule has 2 aromatic rings. The number of methoxy groups -OCH3 is 2. The first kappa shape index (κ1) is 29.8. The van der Waals surface area contributed by atoms with E-state index in [-0.39, 0.29) is 0 Å². The second-order valence-corrected chi connectivity index (χ2v) is 9.29. The van der Waals surface area contributed by atoms with Crippen LogP contribution in [0.3, 0.4) is 0 Å². The second-order valence-electron chi connectivity index (χ2n) is 9.29. The van der Waals surface area contributed by atoms with Gasteiger partial charge in [0.25, 0.3) is 0 Å². The van der Waals surface area contributed by atoms with Gasteiger partial charge in [-0.1, -0.05) is 49.9 Å². The summed E-state index contributed by atoms with van der Waals surface area (Å²) in [6.07, 6.45) is 12.7. The minimum absolute atomic E-state index is 0.914. The number of ether oxygens (including phenoxy) is 2. The third-order valence-corrected chi connectivity index (χ3v) is 6.36. The standard InChI is InChI=1S/C30H50N4O2/c1-35-29-19-9-7-17-27(29)33-25-15-13-23-31-21-11-5-3-4-6-12-22-32-24-14-16-26-34-28-18-8-10-20-30(28)36-2/h7-10,17-20,31-34H,3-6,11-16,21-26H2,1-2H3. The molecule has 2 rings (SSSR count). The van der Waals surface area contributed by atoms with Crippen LogP contribution in [0.15, 0.2) is 48.5 Å². The van der Waals surface area contributed by atoms with Crippen LogP contribution in [0.25, 0.3) is 0 Å². The Morgan fingerprint density at radius 1 is 0.444 bits per heavy atom. The zero-order chi connectivity index (χ0) is 25.5. The Morgan fingerprint density at radius 3 is 1.19 bits per heavy atom. The number of anilines is 2. The lowest BCUT2D eigenvalue weighted by Crippen LogP contribution is -2.18. The summed E-state index contributed by atoms with van der Waals surface area (Å²) in [4.78, 5) is 0. The van der Waals surface area contributed by atoms with Crippen molar-refractivity contribution < 1.29 is 9.47 Å². The minimum Gasteiger partial charge on any atom is -0.495 e. The summed E-state index contributed by atoms with van der Waals surface area (Å²) < 4.78 is 10.7. The lowest BCUT2D eigenvalue weighted by Gasteiger charge is -2.11. The topological polar surface area (TPSA) is 66.6 Å². The molecule has 36 heavy (non-hydrogen) atoms. The molecule has 0 fully saturated rings. The fourth-order valence-corrected chi connectivity index (χ4v) is 4.23. The minimum atomic E-state index is 0.914. The smallest absolute Gasteiger partial charge is 0.141 e. The summed E-state index contributed by atoms with van der Waals surface area (Å²) in [6.45, 7) is 6.47. The van der Waals surface area contributed by atoms with E-state index in [2.05, 4.69) is 33.4 Å². The highest BCUT2D eigenvalue weighted by molar-refractivity contribution is 5.56. The van der Waals surface area contributed by atoms with Gasteiger partial charge < -0.3 is 30.7 Å². The molecular weight excluding hydrogens is 448 g/mol. The lowest BCUT2D eigenvalue weighted by molar-refractivity contribution is 0.416. The molecule has 0 unspecified atom stereocenters. The van der Waals surface area contributed by atoms with E-state index in [9.17, 15) is 0 Å². The Labute approximate surface area is 219 Å². The van der Waals surface area contributed by atoms with Crippen LogP contribution < -0.4 is 30.7 Å². The molecule has 0 saturated carbocycles. The zero-order valence-electron chi connectivity index (χ0n) is 22.7. The summed E-state index contributed by atoms with van der Waals surface area (Å²) in [5.74, 6) is 1.83. The van der Waals surface area contributed by atoms with Crippen molar-refractivity contribution in [2.45, 2.75) is 64.2 Å². The molecule has 0 aliphatic rings. The van der Waals surface area contributed by atoms with Crippen molar-refractivity contribution in [3.63, 3.8) is 0 Å². The van der Waals surface area contributed by atoms with Crippen LogP contribution in [0, 0.1) is 0 Å². The lowest BCUT2D eigenvalue weighted by atomic mass is 10.1. The Kier molecular flexibility index (Phi) is 17.1. The summed E-state index contributed by atoms with van der Waals surface area (Å²) >= 11 is 0. The summed E-state index contributed by atoms with van der Waals surface area (Å²) in [5, 5.41) is 14.1. The quantitative estimate of drug-likeness (QED) is 0.135. The molecular formula is C30H50N4O2. The van der Waals surface area contributed by atoms with E-state index in [1.807, 2.05) is 36.4 Å². The van der Waals surface area contributed by atoms with Gasteiger partial charge in [0.2, 0.25) is 0 Å². The van der Waals surface area contributed by atoms with Crippen LogP contribution >= 0.6 is 0 Å². The largest absolute Gasteiger partial charge is 0.495 e. The molecule has 6 nitrogen and oxygen atoms in total. The molecule has 0 heterocycles. The number of hydrogen-bond acceptors (Lipinski definition) is 6. The van der Waals surface area contributed by atoms with Crippen LogP contribution in [-0.4, -0.2) is 53.5 Å². The van der Waals surface area contributed by atoms with Gasteiger partial charge in [0.15, 0.2) is 0 Å². The van der Waals surface area contributed by atoms with Crippen LogP contribution in [0.1, 0.15) is 64.2 Å². The molecule has 4 N–H and O–H groups in total. The number of nitrogens with one attached hydrogen (secondary N) is 4. The molecule has 0 atom stereocenters. The third kappa shape index (κ3) is 13.6. The number of para-hydroxylation sites is 4. The normalized spacial score (nSPS) is 10.8. The summed E-state index contributed by atoms with van der Waals surface area (Å²) in [5.41, 5.74) is 2.16. The second kappa shape index (κ2) is 20.7. The monoisotopic (exact) mass is 498 g/mol. The molecule has 202 valence electrons. The molecule has 0 aliphatic heterocycles. The highest BCUT2D eigenvalue weighted by Crippen LogP contribution is 2.23. The first-order valence-electron chi connectivity index (χ1n) is 14.0. The van der Waals surface area contributed by atoms with Gasteiger partial charge in [0.1, 0.15) is 11.5 Å². The van der Waals surface area contributed by atoms with Gasteiger partial charge in [-0.15, -0.1) is 0 Å². The van der Waals surface area contributed by atoms with E-state index < -0.39 is 0 Å². The highest BCUT2D eigenvalue weighted by atomic mass is 16.5. The zero-order valence-corrected chi connectivity index (χ0v) is 22.7. The average Bonchev–Trinajstić information content (AvgIpc) is 2.92. The van der Waals surface area contributed by atoms with Crippen molar-refractivity contribution in [2.75, 3.05) is 64.1 Å². The van der Waals surface area contributed by atoms with Gasteiger partial charge in [0.05, 0.1) is 25.6 Å². The van der Waals surface area contributed by atoms with Crippen molar-refractivity contribution in [1.82, 2.24) is 10.6 Å². The molecule has 0 aliphatic carbocycles. The van der Waals surface area contributed by atoms with Gasteiger partial charge >= 0.3 is 0 Å². The van der Waals surface area contributed by atoms with E-state index in [1.54, 1.807) is 14.2 Å². The van der Waals surface area contributed by atoms with Gasteiger partial charge in [-0.25, -0.2) is 0 Å². The van der Waals surface area contributed by atoms with Gasteiger partial charge in [0, 0.05) is 13.1 Å². The van der Waals surface area contributed by atoms with E-state index in [0.29, 0.717) is 0 Å². The molecule has 0 amide bonds. The predicted molar refractivity (Wildman–Crippen MR) is 155 cm³/mol. The number of hydrogen-bond donors (Lipinski definition) is 4. The predicted octanol–water partition coefficient (Wildman–Crippen LogP) is 6.31. The van der Waals surface area contributed by atoms with Crippen molar-refractivity contribution in [3.8, 4) is 11.5 Å². The van der Waals surface area contributed by atoms with Crippen LogP contribution in [0.5, 0.6) is 11.5 Å². The summed E-state index contributed by atoms with van der Waals surface area (Å²) in [6, 6.07) is 16.2. The molecule has 2 aromatic carbocycles. The van der Waals surface area contributed by atoms with Crippen LogP contribution in [-0.2, 0) is 0 Å². The average molecular weight is 499 g/mol. The number of benzene rings is 2. The molecule has 6 heteroatoms. The highest BCUT2D eigenvalue weighted by Gasteiger charge is 2.01. The first-order valence-corrected chi connectivity index (χ1v) is 14.0. The molecule has 0 saturated heterocycles. The maximum Gasteiger partial charge on any atom is 0.141 e. The van der Waals surface area contributed by atoms with E-state index >= 15 is 0 Å². The van der Waals surface area contributed by atoms with E-state index in [4.69, 9.17) is 9.47 Å². The Morgan fingerprint density at radius 2 is 0.778 bits per heavy atom. The van der Waals surface area contributed by atoms with Gasteiger partial charge in [-0.05, 0) is 89.0 Å². The first-order chi connectivity index (χ1) is 17.8. The van der Waals surface area contributed by atoms with Gasteiger partial charge in [-0.2, -0.15) is 0 Å². The Bertz CT molecular complexity index is 722. The van der Waals surface area contributed by atoms with E-state index in [1.165, 1.54) is 64.2 Å². The maximum absolute atomic E-state index is 5.37. The van der Waals surface area contributed by atoms with Crippen molar-refractivity contribution >= 4 is 11.4 Å². The van der Waals surface area contributed by atoms with Crippen LogP contribution in [0.4, 0.5) is 11.4 Å². The van der Waals surface area contributed by atoms with Gasteiger partial charge in [-0.3, -0.25) is 0 Å². The van der Waals surface area contributed by atoms with E-state index in [0.717, 1.165) is 62.1 Å². The fourth-order valence-electron chi connectivity index (χ4n) is 4.23.